The van der Waals surface area contributed by atoms with Crippen molar-refractivity contribution in [1.29, 1.82) is 0 Å². The number of rotatable bonds is 11. The van der Waals surface area contributed by atoms with Crippen LogP contribution in [0.5, 0.6) is 0 Å². The summed E-state index contributed by atoms with van der Waals surface area (Å²) < 4.78 is 5.56. The first-order chi connectivity index (χ1) is 11.5. The molecule has 0 fully saturated rings. The van der Waals surface area contributed by atoms with Crippen LogP contribution in [0.15, 0.2) is 0 Å². The zero-order valence-corrected chi connectivity index (χ0v) is 18.0. The minimum absolute atomic E-state index is 0.000954. The van der Waals surface area contributed by atoms with Crippen LogP contribution in [0.1, 0.15) is 61.8 Å². The second kappa shape index (κ2) is 11.1. The van der Waals surface area contributed by atoms with Crippen LogP contribution < -0.4 is 5.32 Å². The number of ether oxygens (including phenoxy) is 1. The maximum Gasteiger partial charge on any atom is 0.223 e. The number of carbonyl (C=O) groups excluding carboxylic acids is 1. The van der Waals surface area contributed by atoms with Gasteiger partial charge in [0, 0.05) is 19.1 Å². The molecule has 150 valence electrons. The van der Waals surface area contributed by atoms with Crippen LogP contribution in [0.3, 0.4) is 0 Å². The van der Waals surface area contributed by atoms with Crippen LogP contribution in [0.2, 0.25) is 0 Å². The molecule has 0 aromatic heterocycles. The molecule has 5 heteroatoms. The zero-order valence-electron chi connectivity index (χ0n) is 18.0. The molecule has 0 saturated carbocycles. The van der Waals surface area contributed by atoms with E-state index in [1.807, 2.05) is 53.5 Å². The first kappa shape index (κ1) is 24.4. The number of aliphatic hydroxyl groups excluding tert-OH is 1. The van der Waals surface area contributed by atoms with Gasteiger partial charge in [-0.25, -0.2) is 0 Å². The van der Waals surface area contributed by atoms with Gasteiger partial charge in [-0.3, -0.25) is 9.69 Å². The van der Waals surface area contributed by atoms with Crippen molar-refractivity contribution in [2.45, 2.75) is 86.2 Å². The lowest BCUT2D eigenvalue weighted by Crippen LogP contribution is -2.59. The van der Waals surface area contributed by atoms with Crippen LogP contribution in [0.25, 0.3) is 0 Å². The molecular formula is C20H42N2O3. The third-order valence-corrected chi connectivity index (χ3v) is 5.73. The maximum absolute atomic E-state index is 12.5. The second-order valence-electron chi connectivity index (χ2n) is 8.21. The number of aliphatic hydroxyl groups is 1. The average Bonchev–Trinajstić information content (AvgIpc) is 2.56. The van der Waals surface area contributed by atoms with Crippen molar-refractivity contribution >= 4 is 5.91 Å². The summed E-state index contributed by atoms with van der Waals surface area (Å²) in [5.41, 5.74) is 0. The summed E-state index contributed by atoms with van der Waals surface area (Å²) in [6.07, 6.45) is 0.228. The fourth-order valence-electron chi connectivity index (χ4n) is 3.19. The Bertz CT molecular complexity index is 377. The summed E-state index contributed by atoms with van der Waals surface area (Å²) in [6, 6.07) is -0.250. The lowest BCUT2D eigenvalue weighted by molar-refractivity contribution is -0.132. The number of nitrogens with one attached hydrogen (secondary N) is 1. The molecule has 0 bridgehead atoms. The normalized spacial score (nSPS) is 19.6. The van der Waals surface area contributed by atoms with E-state index < -0.39 is 6.23 Å². The average molecular weight is 359 g/mol. The Kier molecular flexibility index (Phi) is 10.9. The highest BCUT2D eigenvalue weighted by Gasteiger charge is 2.36. The molecule has 2 N–H and O–H groups in total. The Balaban J connectivity index is 5.35. The Labute approximate surface area is 155 Å². The summed E-state index contributed by atoms with van der Waals surface area (Å²) in [6.45, 7) is 16.4. The van der Waals surface area contributed by atoms with Gasteiger partial charge in [-0.15, -0.1) is 0 Å². The third kappa shape index (κ3) is 6.87. The molecule has 0 aromatic rings. The molecule has 6 atom stereocenters. The van der Waals surface area contributed by atoms with Gasteiger partial charge >= 0.3 is 0 Å². The number of nitrogens with zero attached hydrogens (tertiary/aromatic N) is 1. The van der Waals surface area contributed by atoms with Gasteiger partial charge in [-0.05, 0) is 31.7 Å². The molecule has 0 aliphatic heterocycles. The molecule has 2 unspecified atom stereocenters. The van der Waals surface area contributed by atoms with Crippen molar-refractivity contribution in [3.63, 3.8) is 0 Å². The third-order valence-electron chi connectivity index (χ3n) is 5.73. The van der Waals surface area contributed by atoms with Crippen LogP contribution in [0.4, 0.5) is 0 Å². The van der Waals surface area contributed by atoms with Crippen molar-refractivity contribution in [3.05, 3.63) is 0 Å². The number of hydrogen-bond donors (Lipinski definition) is 2. The van der Waals surface area contributed by atoms with Crippen LogP contribution >= 0.6 is 0 Å². The van der Waals surface area contributed by atoms with E-state index in [2.05, 4.69) is 19.2 Å². The molecular weight excluding hydrogens is 316 g/mol. The molecule has 5 nitrogen and oxygen atoms in total. The van der Waals surface area contributed by atoms with Gasteiger partial charge in [0.2, 0.25) is 5.91 Å². The van der Waals surface area contributed by atoms with Crippen LogP contribution in [-0.2, 0) is 9.53 Å². The fraction of sp³-hybridized carbons (Fsp3) is 0.950. The van der Waals surface area contributed by atoms with E-state index >= 15 is 0 Å². The number of hydrogen-bond acceptors (Lipinski definition) is 4. The Hall–Kier alpha value is -0.650. The summed E-state index contributed by atoms with van der Waals surface area (Å²) in [7, 11) is 3.62. The van der Waals surface area contributed by atoms with E-state index in [-0.39, 0.29) is 41.8 Å². The van der Waals surface area contributed by atoms with Crippen molar-refractivity contribution < 1.29 is 14.6 Å². The first-order valence-electron chi connectivity index (χ1n) is 9.72. The van der Waals surface area contributed by atoms with Crippen LogP contribution in [0, 0.1) is 23.7 Å². The Morgan fingerprint density at radius 2 is 1.60 bits per heavy atom. The summed E-state index contributed by atoms with van der Waals surface area (Å²) in [5.74, 6) is 0.677. The molecule has 0 saturated heterocycles. The minimum Gasteiger partial charge on any atom is -0.380 e. The fourth-order valence-corrected chi connectivity index (χ4v) is 3.19. The number of likely N-dealkylation sites (N-methyl/N-ethyl adjacent to an activating group) is 1. The first-order valence-corrected chi connectivity index (χ1v) is 9.72. The lowest BCUT2D eigenvalue weighted by atomic mass is 9.91. The Morgan fingerprint density at radius 3 is 1.96 bits per heavy atom. The van der Waals surface area contributed by atoms with E-state index in [4.69, 9.17) is 4.74 Å². The molecule has 0 heterocycles. The van der Waals surface area contributed by atoms with E-state index in [1.165, 1.54) is 0 Å². The molecule has 0 radical (unpaired) electrons. The monoisotopic (exact) mass is 358 g/mol. The van der Waals surface area contributed by atoms with E-state index in [1.54, 1.807) is 7.11 Å². The SMILES string of the molecule is CC[C@H](C)C([C@@H](C)OC)N(C)C(O)[C@@H](NC(=O)[C@@H](C)C(C)C)C(C)C. The molecule has 0 aliphatic rings. The molecule has 1 amide bonds. The van der Waals surface area contributed by atoms with Gasteiger partial charge in [0.15, 0.2) is 0 Å². The highest BCUT2D eigenvalue weighted by molar-refractivity contribution is 5.78. The number of amides is 1. The molecule has 0 rings (SSSR count). The Morgan fingerprint density at radius 1 is 1.08 bits per heavy atom. The smallest absolute Gasteiger partial charge is 0.223 e. The quantitative estimate of drug-likeness (QED) is 0.557. The lowest BCUT2D eigenvalue weighted by Gasteiger charge is -2.42. The van der Waals surface area contributed by atoms with Gasteiger partial charge in [0.25, 0.3) is 0 Å². The predicted molar refractivity (Wildman–Crippen MR) is 104 cm³/mol. The van der Waals surface area contributed by atoms with Gasteiger partial charge in [0.1, 0.15) is 6.23 Å². The topological polar surface area (TPSA) is 61.8 Å². The molecule has 0 aliphatic carbocycles. The van der Waals surface area contributed by atoms with Crippen molar-refractivity contribution in [1.82, 2.24) is 10.2 Å². The maximum atomic E-state index is 12.5. The van der Waals surface area contributed by atoms with Crippen LogP contribution in [-0.4, -0.2) is 54.5 Å². The zero-order chi connectivity index (χ0) is 19.9. The van der Waals surface area contributed by atoms with E-state index in [0.29, 0.717) is 5.92 Å². The summed E-state index contributed by atoms with van der Waals surface area (Å²) in [5, 5.41) is 14.1. The standard InChI is InChI=1S/C20H42N2O3/c1-11-14(6)18(16(8)25-10)22(9)20(24)17(13(4)5)21-19(23)15(7)12(2)3/h12-18,20,24H,11H2,1-10H3,(H,21,23)/t14-,15-,16+,17-,18?,20?/m0/s1. The molecule has 0 aromatic carbocycles. The largest absolute Gasteiger partial charge is 0.380 e. The van der Waals surface area contributed by atoms with Gasteiger partial charge in [-0.2, -0.15) is 0 Å². The number of methoxy groups -OCH3 is 1. The van der Waals surface area contributed by atoms with Gasteiger partial charge < -0.3 is 15.2 Å². The van der Waals surface area contributed by atoms with E-state index in [0.717, 1.165) is 6.42 Å². The van der Waals surface area contributed by atoms with E-state index in [9.17, 15) is 9.90 Å². The highest BCUT2D eigenvalue weighted by Crippen LogP contribution is 2.23. The summed E-state index contributed by atoms with van der Waals surface area (Å²) >= 11 is 0. The highest BCUT2D eigenvalue weighted by atomic mass is 16.5. The van der Waals surface area contributed by atoms with Crippen molar-refractivity contribution in [2.75, 3.05) is 14.2 Å². The number of carbonyl (C=O) groups is 1. The second-order valence-corrected chi connectivity index (χ2v) is 8.21. The predicted octanol–water partition coefficient (Wildman–Crippen LogP) is 3.12. The molecule has 0 spiro atoms. The van der Waals surface area contributed by atoms with Crippen molar-refractivity contribution in [3.8, 4) is 0 Å². The molecule has 25 heavy (non-hydrogen) atoms. The minimum atomic E-state index is -0.764. The summed E-state index contributed by atoms with van der Waals surface area (Å²) in [4.78, 5) is 14.5. The van der Waals surface area contributed by atoms with Crippen molar-refractivity contribution in [2.24, 2.45) is 23.7 Å². The van der Waals surface area contributed by atoms with Gasteiger partial charge in [0.05, 0.1) is 12.1 Å². The van der Waals surface area contributed by atoms with Gasteiger partial charge in [-0.1, -0.05) is 54.9 Å².